The van der Waals surface area contributed by atoms with E-state index in [1.165, 1.54) is 16.8 Å². The lowest BCUT2D eigenvalue weighted by Gasteiger charge is -2.03. The molecule has 0 bridgehead atoms. The molecule has 1 aromatic carbocycles. The van der Waals surface area contributed by atoms with E-state index < -0.39 is 5.82 Å². The molecule has 17 heavy (non-hydrogen) atoms. The van der Waals surface area contributed by atoms with Crippen LogP contribution in [0.4, 0.5) is 10.1 Å². The number of ketones is 1. The van der Waals surface area contributed by atoms with Crippen molar-refractivity contribution in [3.8, 4) is 0 Å². The van der Waals surface area contributed by atoms with Gasteiger partial charge in [-0.15, -0.1) is 5.10 Å². The van der Waals surface area contributed by atoms with Gasteiger partial charge >= 0.3 is 0 Å². The Labute approximate surface area is 105 Å². The molecule has 5 nitrogen and oxygen atoms in total. The number of nitrogen functional groups attached to an aromatic ring is 1. The summed E-state index contributed by atoms with van der Waals surface area (Å²) in [5.74, 6) is -0.995. The highest BCUT2D eigenvalue weighted by molar-refractivity contribution is 9.10. The van der Waals surface area contributed by atoms with Gasteiger partial charge in [0.15, 0.2) is 4.60 Å². The van der Waals surface area contributed by atoms with Crippen LogP contribution in [0.15, 0.2) is 22.8 Å². The summed E-state index contributed by atoms with van der Waals surface area (Å²) in [5.41, 5.74) is 5.80. The van der Waals surface area contributed by atoms with Crippen molar-refractivity contribution in [2.45, 2.75) is 0 Å². The van der Waals surface area contributed by atoms with Gasteiger partial charge in [-0.2, -0.15) is 0 Å². The van der Waals surface area contributed by atoms with Gasteiger partial charge in [0.1, 0.15) is 11.5 Å². The first-order valence-electron chi connectivity index (χ1n) is 4.65. The summed E-state index contributed by atoms with van der Waals surface area (Å²) < 4.78 is 14.9. The van der Waals surface area contributed by atoms with Gasteiger partial charge in [-0.25, -0.2) is 9.07 Å². The van der Waals surface area contributed by atoms with Crippen LogP contribution in [0.2, 0.25) is 0 Å². The van der Waals surface area contributed by atoms with Crippen molar-refractivity contribution < 1.29 is 9.18 Å². The summed E-state index contributed by atoms with van der Waals surface area (Å²) in [6.07, 6.45) is 0. The highest BCUT2D eigenvalue weighted by Gasteiger charge is 2.19. The summed E-state index contributed by atoms with van der Waals surface area (Å²) in [5, 5.41) is 7.38. The van der Waals surface area contributed by atoms with Crippen LogP contribution in [0, 0.1) is 5.82 Å². The molecule has 0 aliphatic heterocycles. The normalized spacial score (nSPS) is 10.5. The first-order chi connectivity index (χ1) is 8.00. The summed E-state index contributed by atoms with van der Waals surface area (Å²) >= 11 is 3.11. The fraction of sp³-hybridized carbons (Fsp3) is 0.100. The first kappa shape index (κ1) is 11.7. The topological polar surface area (TPSA) is 73.8 Å². The highest BCUT2D eigenvalue weighted by Crippen LogP contribution is 2.19. The second kappa shape index (κ2) is 4.25. The third-order valence-electron chi connectivity index (χ3n) is 2.26. The molecule has 1 aromatic heterocycles. The predicted molar refractivity (Wildman–Crippen MR) is 62.9 cm³/mol. The molecule has 0 radical (unpaired) electrons. The molecular formula is C10H8BrFN4O. The van der Waals surface area contributed by atoms with E-state index >= 15 is 0 Å². The lowest BCUT2D eigenvalue weighted by Crippen LogP contribution is -2.09. The SMILES string of the molecule is Cn1nnc(Br)c1C(=O)c1ccc(N)c(F)c1. The largest absolute Gasteiger partial charge is 0.396 e. The highest BCUT2D eigenvalue weighted by atomic mass is 79.9. The number of aryl methyl sites for hydroxylation is 1. The summed E-state index contributed by atoms with van der Waals surface area (Å²) in [6.45, 7) is 0. The van der Waals surface area contributed by atoms with E-state index in [1.807, 2.05) is 0 Å². The standard InChI is InChI=1S/C10H8BrFN4O/c1-16-8(10(11)14-15-16)9(17)5-2-3-7(13)6(12)4-5/h2-4H,13H2,1H3. The van der Waals surface area contributed by atoms with Crippen LogP contribution in [0.25, 0.3) is 0 Å². The van der Waals surface area contributed by atoms with E-state index in [0.29, 0.717) is 4.60 Å². The molecule has 88 valence electrons. The molecule has 7 heteroatoms. The van der Waals surface area contributed by atoms with Crippen LogP contribution in [0.1, 0.15) is 16.1 Å². The third kappa shape index (κ3) is 2.05. The quantitative estimate of drug-likeness (QED) is 0.674. The second-order valence-corrected chi connectivity index (χ2v) is 4.17. The zero-order chi connectivity index (χ0) is 12.6. The van der Waals surface area contributed by atoms with Gasteiger partial charge in [0.25, 0.3) is 0 Å². The number of rotatable bonds is 2. The zero-order valence-corrected chi connectivity index (χ0v) is 10.4. The fourth-order valence-electron chi connectivity index (χ4n) is 1.38. The van der Waals surface area contributed by atoms with Crippen molar-refractivity contribution >= 4 is 27.4 Å². The minimum atomic E-state index is -0.623. The van der Waals surface area contributed by atoms with Gasteiger partial charge in [-0.05, 0) is 34.1 Å². The van der Waals surface area contributed by atoms with Crippen LogP contribution in [0.3, 0.4) is 0 Å². The molecule has 0 saturated heterocycles. The van der Waals surface area contributed by atoms with Crippen molar-refractivity contribution in [2.24, 2.45) is 7.05 Å². The van der Waals surface area contributed by atoms with E-state index in [2.05, 4.69) is 26.2 Å². The lowest BCUT2D eigenvalue weighted by atomic mass is 10.1. The van der Waals surface area contributed by atoms with E-state index in [4.69, 9.17) is 5.73 Å². The molecule has 0 unspecified atom stereocenters. The maximum absolute atomic E-state index is 13.3. The Bertz CT molecular complexity index is 576. The number of carbonyl (C=O) groups is 1. The van der Waals surface area contributed by atoms with Crippen LogP contribution >= 0.6 is 15.9 Å². The van der Waals surface area contributed by atoms with Crippen LogP contribution < -0.4 is 5.73 Å². The van der Waals surface area contributed by atoms with Crippen molar-refractivity contribution in [1.82, 2.24) is 15.0 Å². The molecule has 0 atom stereocenters. The van der Waals surface area contributed by atoms with Gasteiger partial charge in [0.05, 0.1) is 5.69 Å². The minimum absolute atomic E-state index is 0.00347. The molecule has 0 amide bonds. The third-order valence-corrected chi connectivity index (χ3v) is 2.80. The van der Waals surface area contributed by atoms with Gasteiger partial charge in [0, 0.05) is 12.6 Å². The number of carbonyl (C=O) groups excluding carboxylic acids is 1. The Hall–Kier alpha value is -1.76. The van der Waals surface area contributed by atoms with Crippen LogP contribution in [-0.2, 0) is 7.05 Å². The number of halogens is 2. The van der Waals surface area contributed by atoms with Crippen molar-refractivity contribution in [1.29, 1.82) is 0 Å². The number of hydrogen-bond donors (Lipinski definition) is 1. The summed E-state index contributed by atoms with van der Waals surface area (Å²) in [7, 11) is 1.58. The Kier molecular flexibility index (Phi) is 2.93. The van der Waals surface area contributed by atoms with E-state index in [0.717, 1.165) is 6.07 Å². The van der Waals surface area contributed by atoms with E-state index in [9.17, 15) is 9.18 Å². The Morgan fingerprint density at radius 2 is 2.24 bits per heavy atom. The second-order valence-electron chi connectivity index (χ2n) is 3.42. The molecule has 0 fully saturated rings. The number of nitrogens with two attached hydrogens (primary N) is 1. The lowest BCUT2D eigenvalue weighted by molar-refractivity contribution is 0.102. The molecule has 0 aliphatic rings. The smallest absolute Gasteiger partial charge is 0.213 e. The first-order valence-corrected chi connectivity index (χ1v) is 5.45. The summed E-state index contributed by atoms with van der Waals surface area (Å²) in [6, 6.07) is 3.90. The zero-order valence-electron chi connectivity index (χ0n) is 8.82. The Morgan fingerprint density at radius 1 is 1.53 bits per heavy atom. The predicted octanol–water partition coefficient (Wildman–Crippen LogP) is 1.53. The van der Waals surface area contributed by atoms with Gasteiger partial charge in [0.2, 0.25) is 5.78 Å². The maximum Gasteiger partial charge on any atom is 0.213 e. The van der Waals surface area contributed by atoms with Crippen molar-refractivity contribution in [3.63, 3.8) is 0 Å². The Morgan fingerprint density at radius 3 is 2.76 bits per heavy atom. The number of hydrogen-bond acceptors (Lipinski definition) is 4. The number of aromatic nitrogens is 3. The number of benzene rings is 1. The summed E-state index contributed by atoms with van der Waals surface area (Å²) in [4.78, 5) is 12.1. The van der Waals surface area contributed by atoms with E-state index in [-0.39, 0.29) is 22.7 Å². The maximum atomic E-state index is 13.3. The average Bonchev–Trinajstić information content (AvgIpc) is 2.62. The van der Waals surface area contributed by atoms with Crippen LogP contribution in [0.5, 0.6) is 0 Å². The van der Waals surface area contributed by atoms with Gasteiger partial charge in [-0.1, -0.05) is 5.21 Å². The number of nitrogens with zero attached hydrogens (tertiary/aromatic N) is 3. The molecule has 0 spiro atoms. The molecule has 2 aromatic rings. The molecule has 1 heterocycles. The van der Waals surface area contributed by atoms with Gasteiger partial charge in [-0.3, -0.25) is 4.79 Å². The van der Waals surface area contributed by atoms with Crippen LogP contribution in [-0.4, -0.2) is 20.8 Å². The van der Waals surface area contributed by atoms with Crippen molar-refractivity contribution in [3.05, 3.63) is 39.9 Å². The Balaban J connectivity index is 2.48. The molecule has 2 rings (SSSR count). The number of anilines is 1. The monoisotopic (exact) mass is 298 g/mol. The van der Waals surface area contributed by atoms with Gasteiger partial charge < -0.3 is 5.73 Å². The average molecular weight is 299 g/mol. The fourth-order valence-corrected chi connectivity index (χ4v) is 1.89. The molecular weight excluding hydrogens is 291 g/mol. The minimum Gasteiger partial charge on any atom is -0.396 e. The molecule has 0 saturated carbocycles. The molecule has 0 aliphatic carbocycles. The van der Waals surface area contributed by atoms with Crippen molar-refractivity contribution in [2.75, 3.05) is 5.73 Å². The van der Waals surface area contributed by atoms with E-state index in [1.54, 1.807) is 7.05 Å². The molecule has 2 N–H and O–H groups in total.